The van der Waals surface area contributed by atoms with Gasteiger partial charge in [-0.2, -0.15) is 0 Å². The summed E-state index contributed by atoms with van der Waals surface area (Å²) in [5.74, 6) is 1.54. The number of hydrogen-bond acceptors (Lipinski definition) is 2. The van der Waals surface area contributed by atoms with Gasteiger partial charge in [0, 0.05) is 10.6 Å². The SMILES string of the molecule is Cc1cc(Cl)ccc1Oc1ccc(C(=N)N)c(C)c1. The number of benzene rings is 2. The van der Waals surface area contributed by atoms with Gasteiger partial charge in [0.05, 0.1) is 0 Å². The molecule has 0 aliphatic heterocycles. The van der Waals surface area contributed by atoms with E-state index in [1.54, 1.807) is 18.2 Å². The number of rotatable bonds is 3. The second kappa shape index (κ2) is 5.33. The quantitative estimate of drug-likeness (QED) is 0.656. The molecule has 2 aromatic rings. The third-order valence-corrected chi connectivity index (χ3v) is 3.09. The highest BCUT2D eigenvalue weighted by Gasteiger charge is 2.06. The second-order valence-corrected chi connectivity index (χ2v) is 4.84. The molecule has 98 valence electrons. The van der Waals surface area contributed by atoms with Crippen molar-refractivity contribution < 1.29 is 4.74 Å². The van der Waals surface area contributed by atoms with Gasteiger partial charge in [0.15, 0.2) is 0 Å². The predicted molar refractivity (Wildman–Crippen MR) is 78.5 cm³/mol. The summed E-state index contributed by atoms with van der Waals surface area (Å²) in [5, 5.41) is 8.14. The molecule has 0 atom stereocenters. The van der Waals surface area contributed by atoms with E-state index in [0.29, 0.717) is 10.8 Å². The van der Waals surface area contributed by atoms with E-state index in [0.717, 1.165) is 22.4 Å². The molecule has 0 aliphatic rings. The highest BCUT2D eigenvalue weighted by atomic mass is 35.5. The van der Waals surface area contributed by atoms with Crippen molar-refractivity contribution in [3.8, 4) is 11.5 Å². The van der Waals surface area contributed by atoms with Crippen molar-refractivity contribution in [1.29, 1.82) is 5.41 Å². The molecule has 0 aromatic heterocycles. The van der Waals surface area contributed by atoms with Gasteiger partial charge in [-0.1, -0.05) is 11.6 Å². The Morgan fingerprint density at radius 3 is 2.42 bits per heavy atom. The van der Waals surface area contributed by atoms with Gasteiger partial charge in [-0.05, 0) is 61.4 Å². The summed E-state index contributed by atoms with van der Waals surface area (Å²) in [6, 6.07) is 10.9. The lowest BCUT2D eigenvalue weighted by atomic mass is 10.1. The fourth-order valence-electron chi connectivity index (χ4n) is 1.86. The molecule has 0 aliphatic carbocycles. The minimum Gasteiger partial charge on any atom is -0.457 e. The Morgan fingerprint density at radius 2 is 1.84 bits per heavy atom. The van der Waals surface area contributed by atoms with Crippen LogP contribution in [-0.2, 0) is 0 Å². The Hall–Kier alpha value is -2.00. The zero-order valence-electron chi connectivity index (χ0n) is 10.8. The molecule has 0 spiro atoms. The molecular weight excluding hydrogens is 260 g/mol. The molecule has 2 aromatic carbocycles. The van der Waals surface area contributed by atoms with Crippen LogP contribution in [0.15, 0.2) is 36.4 Å². The fraction of sp³-hybridized carbons (Fsp3) is 0.133. The molecule has 0 radical (unpaired) electrons. The minimum absolute atomic E-state index is 0.0618. The third-order valence-electron chi connectivity index (χ3n) is 2.85. The molecule has 0 heterocycles. The Labute approximate surface area is 117 Å². The number of nitrogens with two attached hydrogens (primary N) is 1. The highest BCUT2D eigenvalue weighted by molar-refractivity contribution is 6.30. The molecule has 0 fully saturated rings. The van der Waals surface area contributed by atoms with Crippen LogP contribution in [0.25, 0.3) is 0 Å². The van der Waals surface area contributed by atoms with Crippen LogP contribution in [0.4, 0.5) is 0 Å². The van der Waals surface area contributed by atoms with Crippen LogP contribution >= 0.6 is 11.6 Å². The fourth-order valence-corrected chi connectivity index (χ4v) is 2.08. The summed E-state index contributed by atoms with van der Waals surface area (Å²) in [7, 11) is 0. The topological polar surface area (TPSA) is 59.1 Å². The van der Waals surface area contributed by atoms with Gasteiger partial charge in [0.25, 0.3) is 0 Å². The maximum Gasteiger partial charge on any atom is 0.130 e. The molecule has 0 saturated heterocycles. The molecule has 0 amide bonds. The van der Waals surface area contributed by atoms with E-state index in [9.17, 15) is 0 Å². The first kappa shape index (κ1) is 13.4. The molecule has 2 rings (SSSR count). The van der Waals surface area contributed by atoms with Gasteiger partial charge in [0.2, 0.25) is 0 Å². The molecule has 19 heavy (non-hydrogen) atoms. The molecular formula is C15H15ClN2O. The Kier molecular flexibility index (Phi) is 3.76. The summed E-state index contributed by atoms with van der Waals surface area (Å²) in [6.45, 7) is 3.84. The van der Waals surface area contributed by atoms with Crippen molar-refractivity contribution in [2.75, 3.05) is 0 Å². The van der Waals surface area contributed by atoms with E-state index < -0.39 is 0 Å². The van der Waals surface area contributed by atoms with Crippen LogP contribution in [0, 0.1) is 19.3 Å². The van der Waals surface area contributed by atoms with Gasteiger partial charge in [-0.3, -0.25) is 5.41 Å². The van der Waals surface area contributed by atoms with Crippen LogP contribution in [0.1, 0.15) is 16.7 Å². The first-order valence-electron chi connectivity index (χ1n) is 5.86. The average Bonchev–Trinajstić information content (AvgIpc) is 2.32. The standard InChI is InChI=1S/C15H15ClN2O/c1-9-8-12(4-5-13(9)15(17)18)19-14-6-3-11(16)7-10(14)2/h3-8H,1-2H3,(H3,17,18). The lowest BCUT2D eigenvalue weighted by molar-refractivity contribution is 0.478. The summed E-state index contributed by atoms with van der Waals surface area (Å²) < 4.78 is 5.81. The van der Waals surface area contributed by atoms with E-state index in [-0.39, 0.29) is 5.84 Å². The average molecular weight is 275 g/mol. The summed E-state index contributed by atoms with van der Waals surface area (Å²) >= 11 is 5.91. The number of nitrogens with one attached hydrogen (secondary N) is 1. The number of nitrogen functional groups attached to an aromatic ring is 1. The van der Waals surface area contributed by atoms with Crippen LogP contribution in [-0.4, -0.2) is 5.84 Å². The molecule has 3 N–H and O–H groups in total. The van der Waals surface area contributed by atoms with Crippen LogP contribution in [0.5, 0.6) is 11.5 Å². The van der Waals surface area contributed by atoms with Crippen LogP contribution in [0.2, 0.25) is 5.02 Å². The first-order chi connectivity index (χ1) is 8.97. The zero-order valence-corrected chi connectivity index (χ0v) is 11.6. The Morgan fingerprint density at radius 1 is 1.11 bits per heavy atom. The van der Waals surface area contributed by atoms with Crippen molar-refractivity contribution >= 4 is 17.4 Å². The van der Waals surface area contributed by atoms with Gasteiger partial charge in [0.1, 0.15) is 17.3 Å². The van der Waals surface area contributed by atoms with E-state index in [2.05, 4.69) is 0 Å². The van der Waals surface area contributed by atoms with E-state index >= 15 is 0 Å². The Bertz CT molecular complexity index is 638. The number of ether oxygens (including phenoxy) is 1. The molecule has 0 unspecified atom stereocenters. The van der Waals surface area contributed by atoms with E-state index in [1.807, 2.05) is 32.0 Å². The van der Waals surface area contributed by atoms with Crippen LogP contribution < -0.4 is 10.5 Å². The van der Waals surface area contributed by atoms with Crippen molar-refractivity contribution in [2.45, 2.75) is 13.8 Å². The van der Waals surface area contributed by atoms with Crippen molar-refractivity contribution in [3.63, 3.8) is 0 Å². The van der Waals surface area contributed by atoms with Crippen molar-refractivity contribution in [2.24, 2.45) is 5.73 Å². The van der Waals surface area contributed by atoms with E-state index in [4.69, 9.17) is 27.5 Å². The molecule has 0 saturated carbocycles. The molecule has 0 bridgehead atoms. The summed E-state index contributed by atoms with van der Waals surface area (Å²) in [6.07, 6.45) is 0. The monoisotopic (exact) mass is 274 g/mol. The number of aryl methyl sites for hydroxylation is 2. The van der Waals surface area contributed by atoms with Crippen LogP contribution in [0.3, 0.4) is 0 Å². The van der Waals surface area contributed by atoms with E-state index in [1.165, 1.54) is 0 Å². The number of halogens is 1. The maximum absolute atomic E-state index is 7.45. The number of amidine groups is 1. The summed E-state index contributed by atoms with van der Waals surface area (Å²) in [4.78, 5) is 0. The van der Waals surface area contributed by atoms with Gasteiger partial charge >= 0.3 is 0 Å². The zero-order chi connectivity index (χ0) is 14.0. The smallest absolute Gasteiger partial charge is 0.130 e. The lowest BCUT2D eigenvalue weighted by Gasteiger charge is -2.11. The largest absolute Gasteiger partial charge is 0.457 e. The molecule has 3 nitrogen and oxygen atoms in total. The van der Waals surface area contributed by atoms with Gasteiger partial charge < -0.3 is 10.5 Å². The number of hydrogen-bond donors (Lipinski definition) is 2. The minimum atomic E-state index is 0.0618. The molecule has 4 heteroatoms. The predicted octanol–water partition coefficient (Wildman–Crippen LogP) is 4.03. The summed E-state index contributed by atoms with van der Waals surface area (Å²) in [5.41, 5.74) is 8.09. The normalized spacial score (nSPS) is 10.3. The third kappa shape index (κ3) is 3.06. The second-order valence-electron chi connectivity index (χ2n) is 4.40. The maximum atomic E-state index is 7.45. The van der Waals surface area contributed by atoms with Gasteiger partial charge in [-0.15, -0.1) is 0 Å². The van der Waals surface area contributed by atoms with Gasteiger partial charge in [-0.25, -0.2) is 0 Å². The van der Waals surface area contributed by atoms with Crippen molar-refractivity contribution in [3.05, 3.63) is 58.1 Å². The Balaban J connectivity index is 2.29. The first-order valence-corrected chi connectivity index (χ1v) is 6.24. The highest BCUT2D eigenvalue weighted by Crippen LogP contribution is 2.28. The van der Waals surface area contributed by atoms with Crippen molar-refractivity contribution in [1.82, 2.24) is 0 Å². The lowest BCUT2D eigenvalue weighted by Crippen LogP contribution is -2.12.